The van der Waals surface area contributed by atoms with Crippen LogP contribution in [0.15, 0.2) is 58.5 Å². The van der Waals surface area contributed by atoms with Gasteiger partial charge in [0, 0.05) is 6.20 Å². The van der Waals surface area contributed by atoms with Crippen LogP contribution < -0.4 is 10.9 Å². The predicted octanol–water partition coefficient (Wildman–Crippen LogP) is 3.64. The quantitative estimate of drug-likeness (QED) is 0.171. The number of rotatable bonds is 9. The van der Waals surface area contributed by atoms with Gasteiger partial charge in [0.05, 0.1) is 10.0 Å². The molecule has 3 unspecified atom stereocenters. The first-order valence-corrected chi connectivity index (χ1v) is 11.0. The second-order valence-electron chi connectivity index (χ2n) is 6.17. The molecule has 0 saturated heterocycles. The second kappa shape index (κ2) is 9.54. The average molecular weight is 458 g/mol. The van der Waals surface area contributed by atoms with E-state index in [2.05, 4.69) is 48.9 Å². The molecule has 0 radical (unpaired) electrons. The number of hydrazine groups is 1. The number of alkyl halides is 1. The van der Waals surface area contributed by atoms with Crippen molar-refractivity contribution in [3.05, 3.63) is 48.3 Å². The molecule has 10 heteroatoms. The lowest BCUT2D eigenvalue weighted by Crippen LogP contribution is -2.47. The van der Waals surface area contributed by atoms with E-state index in [0.29, 0.717) is 11.5 Å². The van der Waals surface area contributed by atoms with Crippen LogP contribution >= 0.6 is 15.9 Å². The van der Waals surface area contributed by atoms with E-state index in [1.807, 2.05) is 24.3 Å². The highest BCUT2D eigenvalue weighted by Crippen LogP contribution is 2.33. The zero-order valence-electron chi connectivity index (χ0n) is 15.2. The summed E-state index contributed by atoms with van der Waals surface area (Å²) < 4.78 is 31.8. The number of hydrogen-bond acceptors (Lipinski definition) is 7. The predicted molar refractivity (Wildman–Crippen MR) is 108 cm³/mol. The van der Waals surface area contributed by atoms with E-state index in [1.54, 1.807) is 25.3 Å². The molecule has 1 aliphatic carbocycles. The number of allylic oxidation sites excluding steroid dienone is 2. The lowest BCUT2D eigenvalue weighted by atomic mass is 9.94. The molecular formula is C17H24BrN5O3S. The van der Waals surface area contributed by atoms with Crippen molar-refractivity contribution in [3.8, 4) is 0 Å². The van der Waals surface area contributed by atoms with Crippen LogP contribution in [0.3, 0.4) is 0 Å². The molecule has 2 rings (SSSR count). The van der Waals surface area contributed by atoms with E-state index < -0.39 is 21.5 Å². The highest BCUT2D eigenvalue weighted by Gasteiger charge is 2.29. The van der Waals surface area contributed by atoms with Crippen LogP contribution in [0.4, 0.5) is 5.82 Å². The van der Waals surface area contributed by atoms with Crippen LogP contribution in [0.5, 0.6) is 0 Å². The smallest absolute Gasteiger partial charge is 0.282 e. The van der Waals surface area contributed by atoms with Gasteiger partial charge in [-0.15, -0.1) is 5.11 Å². The van der Waals surface area contributed by atoms with Crippen LogP contribution in [0.1, 0.15) is 33.1 Å². The van der Waals surface area contributed by atoms with E-state index in [4.69, 9.17) is 0 Å². The Labute approximate surface area is 168 Å². The zero-order chi connectivity index (χ0) is 19.9. The molecule has 8 nitrogen and oxygen atoms in total. The molecule has 0 aromatic carbocycles. The van der Waals surface area contributed by atoms with Gasteiger partial charge in [-0.1, -0.05) is 54.4 Å². The van der Waals surface area contributed by atoms with Gasteiger partial charge < -0.3 is 5.43 Å². The number of aromatic nitrogens is 1. The number of pyridine rings is 1. The summed E-state index contributed by atoms with van der Waals surface area (Å²) in [6, 6.07) is 4.90. The summed E-state index contributed by atoms with van der Waals surface area (Å²) in [5, 5.41) is 7.31. The number of azo groups is 1. The Morgan fingerprint density at radius 3 is 2.78 bits per heavy atom. The Hall–Kier alpha value is -1.62. The number of nitrogens with zero attached hydrogens (tertiary/aromatic N) is 3. The Kier molecular flexibility index (Phi) is 7.66. The fourth-order valence-electron chi connectivity index (χ4n) is 2.58. The van der Waals surface area contributed by atoms with E-state index >= 15 is 0 Å². The highest BCUT2D eigenvalue weighted by atomic mass is 79.9. The van der Waals surface area contributed by atoms with Gasteiger partial charge in [-0.3, -0.25) is 4.55 Å². The van der Waals surface area contributed by atoms with Gasteiger partial charge in [0.2, 0.25) is 0 Å². The molecule has 1 aromatic heterocycles. The van der Waals surface area contributed by atoms with Crippen LogP contribution in [-0.2, 0) is 10.1 Å². The van der Waals surface area contributed by atoms with Crippen LogP contribution in [0.2, 0.25) is 0 Å². The van der Waals surface area contributed by atoms with Gasteiger partial charge in [-0.05, 0) is 31.1 Å². The summed E-state index contributed by atoms with van der Waals surface area (Å²) in [6.07, 6.45) is 9.46. The lowest BCUT2D eigenvalue weighted by molar-refractivity contribution is 0.428. The molecular weight excluding hydrogens is 434 g/mol. The molecule has 0 fully saturated rings. The van der Waals surface area contributed by atoms with Crippen molar-refractivity contribution in [1.82, 2.24) is 15.8 Å². The van der Waals surface area contributed by atoms with Crippen molar-refractivity contribution in [1.29, 1.82) is 0 Å². The van der Waals surface area contributed by atoms with Crippen molar-refractivity contribution >= 4 is 31.9 Å². The van der Waals surface area contributed by atoms with Crippen molar-refractivity contribution < 1.29 is 13.0 Å². The van der Waals surface area contributed by atoms with Crippen molar-refractivity contribution in [3.63, 3.8) is 0 Å². The Morgan fingerprint density at radius 1 is 1.41 bits per heavy atom. The van der Waals surface area contributed by atoms with Crippen LogP contribution in [0.25, 0.3) is 0 Å². The maximum absolute atomic E-state index is 11.4. The van der Waals surface area contributed by atoms with Gasteiger partial charge in [-0.25, -0.2) is 10.4 Å². The Morgan fingerprint density at radius 2 is 2.19 bits per heavy atom. The van der Waals surface area contributed by atoms with E-state index in [1.165, 1.54) is 0 Å². The molecule has 1 aliphatic rings. The fourth-order valence-corrected chi connectivity index (χ4v) is 4.01. The van der Waals surface area contributed by atoms with Gasteiger partial charge in [-0.2, -0.15) is 13.5 Å². The van der Waals surface area contributed by atoms with E-state index in [9.17, 15) is 13.0 Å². The molecule has 1 heterocycles. The summed E-state index contributed by atoms with van der Waals surface area (Å²) in [5.41, 5.74) is 6.18. The van der Waals surface area contributed by atoms with E-state index in [-0.39, 0.29) is 10.7 Å². The third kappa shape index (κ3) is 6.49. The third-order valence-electron chi connectivity index (χ3n) is 3.94. The molecule has 0 bridgehead atoms. The molecule has 3 N–H and O–H groups in total. The molecule has 0 spiro atoms. The first-order valence-electron chi connectivity index (χ1n) is 8.68. The van der Waals surface area contributed by atoms with Crippen molar-refractivity contribution in [2.45, 2.75) is 48.8 Å². The SMILES string of the molecule is CCCC1(Br)C=CC(N=Nc2ccccn2)C(NNC(CC)S(=O)(=O)O)=C1. The molecule has 3 atom stereocenters. The van der Waals surface area contributed by atoms with Crippen molar-refractivity contribution in [2.75, 3.05) is 0 Å². The molecule has 0 amide bonds. The summed E-state index contributed by atoms with van der Waals surface area (Å²) >= 11 is 3.70. The van der Waals surface area contributed by atoms with E-state index in [0.717, 1.165) is 12.8 Å². The minimum Gasteiger partial charge on any atom is -0.322 e. The minimum absolute atomic E-state index is 0.198. The average Bonchev–Trinajstić information content (AvgIpc) is 2.61. The summed E-state index contributed by atoms with van der Waals surface area (Å²) in [5.74, 6) is 0.479. The molecule has 0 aliphatic heterocycles. The molecule has 148 valence electrons. The minimum atomic E-state index is -4.22. The Balaban J connectivity index is 2.21. The molecule has 1 aromatic rings. The Bertz CT molecular complexity index is 813. The standard InChI is InChI=1S/C17H24BrN5O3S/c1-3-9-17(18)10-8-13(20-22-15-7-5-6-11-19-15)14(12-17)21-23-16(4-2)27(24,25)26/h5-8,10-13,16,21,23H,3-4,9H2,1-2H3,(H,24,25,26). The monoisotopic (exact) mass is 457 g/mol. The lowest BCUT2D eigenvalue weighted by Gasteiger charge is -2.29. The van der Waals surface area contributed by atoms with Crippen LogP contribution in [0, 0.1) is 0 Å². The normalized spacial score (nSPS) is 24.0. The largest absolute Gasteiger partial charge is 0.322 e. The maximum Gasteiger partial charge on any atom is 0.282 e. The second-order valence-corrected chi connectivity index (χ2v) is 9.24. The summed E-state index contributed by atoms with van der Waals surface area (Å²) in [4.78, 5) is 4.10. The van der Waals surface area contributed by atoms with Crippen molar-refractivity contribution in [2.24, 2.45) is 10.2 Å². The van der Waals surface area contributed by atoms with Gasteiger partial charge >= 0.3 is 0 Å². The first kappa shape index (κ1) is 21.7. The molecule has 0 saturated carbocycles. The molecule has 27 heavy (non-hydrogen) atoms. The zero-order valence-corrected chi connectivity index (χ0v) is 17.6. The third-order valence-corrected chi connectivity index (χ3v) is 6.00. The topological polar surface area (TPSA) is 116 Å². The van der Waals surface area contributed by atoms with Gasteiger partial charge in [0.25, 0.3) is 10.1 Å². The number of hydrogen-bond donors (Lipinski definition) is 3. The maximum atomic E-state index is 11.4. The van der Waals surface area contributed by atoms with Gasteiger partial charge in [0.15, 0.2) is 11.2 Å². The summed E-state index contributed by atoms with van der Waals surface area (Å²) in [7, 11) is -4.22. The summed E-state index contributed by atoms with van der Waals surface area (Å²) in [6.45, 7) is 3.74. The van der Waals surface area contributed by atoms with Crippen LogP contribution in [-0.4, -0.2) is 33.7 Å². The number of nitrogens with one attached hydrogen (secondary N) is 2. The first-order chi connectivity index (χ1) is 12.8. The van der Waals surface area contributed by atoms with Gasteiger partial charge in [0.1, 0.15) is 6.04 Å². The number of halogens is 1. The fraction of sp³-hybridized carbons (Fsp3) is 0.471. The highest BCUT2D eigenvalue weighted by molar-refractivity contribution is 9.10.